The topological polar surface area (TPSA) is 99.0 Å². The molecule has 1 atom stereocenters. The zero-order valence-corrected chi connectivity index (χ0v) is 12.4. The number of hydrogen-bond acceptors (Lipinski definition) is 6. The van der Waals surface area contributed by atoms with E-state index in [9.17, 15) is 4.79 Å². The van der Waals surface area contributed by atoms with Gasteiger partial charge in [0.25, 0.3) is 5.91 Å². The predicted molar refractivity (Wildman–Crippen MR) is 75.8 cm³/mol. The van der Waals surface area contributed by atoms with E-state index in [1.54, 1.807) is 43.9 Å². The van der Waals surface area contributed by atoms with Crippen molar-refractivity contribution in [2.75, 3.05) is 0 Å². The number of nitrogens with one attached hydrogen (secondary N) is 1. The summed E-state index contributed by atoms with van der Waals surface area (Å²) in [4.78, 5) is 16.6. The fraction of sp³-hybridized carbons (Fsp3) is 0.286. The molecule has 3 aromatic rings. The Bertz CT molecular complexity index is 787. The van der Waals surface area contributed by atoms with Gasteiger partial charge in [0, 0.05) is 13.2 Å². The van der Waals surface area contributed by atoms with Gasteiger partial charge in [0.05, 0.1) is 11.8 Å². The third-order valence-electron chi connectivity index (χ3n) is 3.09. The van der Waals surface area contributed by atoms with Gasteiger partial charge in [-0.05, 0) is 26.0 Å². The zero-order chi connectivity index (χ0) is 15.7. The lowest BCUT2D eigenvalue weighted by molar-refractivity contribution is 0.0933. The van der Waals surface area contributed by atoms with Crippen molar-refractivity contribution in [3.63, 3.8) is 0 Å². The fourth-order valence-corrected chi connectivity index (χ4v) is 2.08. The molecule has 0 fully saturated rings. The van der Waals surface area contributed by atoms with E-state index >= 15 is 0 Å². The minimum absolute atomic E-state index is 0.289. The summed E-state index contributed by atoms with van der Waals surface area (Å²) in [5.41, 5.74) is 0.902. The molecule has 0 aliphatic carbocycles. The Kier molecular flexibility index (Phi) is 3.50. The minimum atomic E-state index is -0.404. The van der Waals surface area contributed by atoms with Crippen LogP contribution in [0, 0.1) is 6.92 Å². The van der Waals surface area contributed by atoms with Crippen LogP contribution in [0.1, 0.15) is 35.0 Å². The summed E-state index contributed by atoms with van der Waals surface area (Å²) >= 11 is 0. The van der Waals surface area contributed by atoms with Crippen LogP contribution in [0.5, 0.6) is 0 Å². The van der Waals surface area contributed by atoms with Crippen molar-refractivity contribution in [1.82, 2.24) is 25.2 Å². The van der Waals surface area contributed by atoms with Gasteiger partial charge in [-0.1, -0.05) is 5.16 Å². The van der Waals surface area contributed by atoms with Crippen molar-refractivity contribution in [2.24, 2.45) is 7.05 Å². The molecule has 0 aliphatic heterocycles. The molecule has 0 saturated carbocycles. The number of nitrogens with zero attached hydrogens (tertiary/aromatic N) is 4. The largest absolute Gasteiger partial charge is 0.463 e. The van der Waals surface area contributed by atoms with E-state index in [1.165, 1.54) is 6.26 Å². The smallest absolute Gasteiger partial charge is 0.255 e. The summed E-state index contributed by atoms with van der Waals surface area (Å²) in [6.45, 7) is 3.49. The molecule has 0 spiro atoms. The Morgan fingerprint density at radius 3 is 2.91 bits per heavy atom. The van der Waals surface area contributed by atoms with Crippen LogP contribution in [0.3, 0.4) is 0 Å². The van der Waals surface area contributed by atoms with E-state index in [2.05, 4.69) is 20.6 Å². The van der Waals surface area contributed by atoms with E-state index < -0.39 is 6.04 Å². The number of hydrogen-bond donors (Lipinski definition) is 1. The van der Waals surface area contributed by atoms with Crippen LogP contribution in [-0.4, -0.2) is 25.8 Å². The molecule has 0 aliphatic rings. The minimum Gasteiger partial charge on any atom is -0.463 e. The highest BCUT2D eigenvalue weighted by molar-refractivity contribution is 5.99. The molecule has 3 aromatic heterocycles. The summed E-state index contributed by atoms with van der Waals surface area (Å²) < 4.78 is 11.9. The third-order valence-corrected chi connectivity index (χ3v) is 3.09. The lowest BCUT2D eigenvalue weighted by Gasteiger charge is -2.09. The molecule has 114 valence electrons. The molecular formula is C14H15N5O3. The van der Waals surface area contributed by atoms with Gasteiger partial charge in [0.15, 0.2) is 11.6 Å². The molecule has 3 heterocycles. The molecule has 8 nitrogen and oxygen atoms in total. The second kappa shape index (κ2) is 5.47. The van der Waals surface area contributed by atoms with Crippen molar-refractivity contribution in [3.05, 3.63) is 41.9 Å². The van der Waals surface area contributed by atoms with Crippen LogP contribution in [0.25, 0.3) is 11.5 Å². The van der Waals surface area contributed by atoms with Crippen LogP contribution in [0.4, 0.5) is 0 Å². The number of carbonyl (C=O) groups excluding carboxylic acids is 1. The number of furan rings is 1. The summed E-state index contributed by atoms with van der Waals surface area (Å²) in [5, 5.41) is 10.8. The van der Waals surface area contributed by atoms with Gasteiger partial charge in [-0.2, -0.15) is 10.1 Å². The van der Waals surface area contributed by atoms with Gasteiger partial charge in [0.2, 0.25) is 5.89 Å². The second-order valence-corrected chi connectivity index (χ2v) is 4.92. The molecule has 8 heteroatoms. The first kappa shape index (κ1) is 14.1. The van der Waals surface area contributed by atoms with Crippen LogP contribution in [-0.2, 0) is 7.05 Å². The van der Waals surface area contributed by atoms with Crippen molar-refractivity contribution in [3.8, 4) is 11.5 Å². The molecule has 1 amide bonds. The summed E-state index contributed by atoms with van der Waals surface area (Å²) in [5.74, 6) is 1.12. The Labute approximate surface area is 126 Å². The van der Waals surface area contributed by atoms with Crippen molar-refractivity contribution < 1.29 is 13.7 Å². The van der Waals surface area contributed by atoms with E-state index in [0.717, 1.165) is 0 Å². The Morgan fingerprint density at radius 1 is 1.45 bits per heavy atom. The molecule has 0 saturated heterocycles. The Hall–Kier alpha value is -2.90. The van der Waals surface area contributed by atoms with Crippen LogP contribution in [0.2, 0.25) is 0 Å². The van der Waals surface area contributed by atoms with Crippen LogP contribution in [0.15, 0.2) is 33.5 Å². The number of rotatable bonds is 4. The Balaban J connectivity index is 1.84. The SMILES string of the molecule is Cc1noc(C(C)NC(=O)c2cn(C)nc2-c2ccco2)n1. The van der Waals surface area contributed by atoms with Gasteiger partial charge in [-0.3, -0.25) is 9.48 Å². The number of aryl methyl sites for hydroxylation is 2. The lowest BCUT2D eigenvalue weighted by atomic mass is 10.2. The predicted octanol–water partition coefficient (Wildman–Crippen LogP) is 1.86. The molecule has 0 bridgehead atoms. The summed E-state index contributed by atoms with van der Waals surface area (Å²) in [7, 11) is 1.74. The summed E-state index contributed by atoms with van der Waals surface area (Å²) in [6, 6.07) is 3.10. The van der Waals surface area contributed by atoms with Crippen molar-refractivity contribution >= 4 is 5.91 Å². The maximum absolute atomic E-state index is 12.5. The number of carbonyl (C=O) groups is 1. The van der Waals surface area contributed by atoms with E-state index in [1.807, 2.05) is 0 Å². The summed E-state index contributed by atoms with van der Waals surface area (Å²) in [6.07, 6.45) is 3.18. The van der Waals surface area contributed by atoms with E-state index in [0.29, 0.717) is 28.7 Å². The highest BCUT2D eigenvalue weighted by Gasteiger charge is 2.22. The third kappa shape index (κ3) is 2.62. The molecule has 0 radical (unpaired) electrons. The fourth-order valence-electron chi connectivity index (χ4n) is 2.08. The molecule has 22 heavy (non-hydrogen) atoms. The highest BCUT2D eigenvalue weighted by atomic mass is 16.5. The van der Waals surface area contributed by atoms with Gasteiger partial charge in [-0.25, -0.2) is 0 Å². The standard InChI is InChI=1S/C14H15N5O3/c1-8(14-16-9(2)18-22-14)15-13(20)10-7-19(3)17-12(10)11-5-4-6-21-11/h4-8H,1-3H3,(H,15,20). The quantitative estimate of drug-likeness (QED) is 0.789. The van der Waals surface area contributed by atoms with Gasteiger partial charge < -0.3 is 14.3 Å². The molecular weight excluding hydrogens is 286 g/mol. The van der Waals surface area contributed by atoms with E-state index in [4.69, 9.17) is 8.94 Å². The average Bonchev–Trinajstić information content (AvgIpc) is 3.17. The first-order chi connectivity index (χ1) is 10.5. The van der Waals surface area contributed by atoms with Crippen LogP contribution < -0.4 is 5.32 Å². The van der Waals surface area contributed by atoms with Crippen molar-refractivity contribution in [1.29, 1.82) is 0 Å². The van der Waals surface area contributed by atoms with Crippen LogP contribution >= 0.6 is 0 Å². The maximum Gasteiger partial charge on any atom is 0.255 e. The first-order valence-corrected chi connectivity index (χ1v) is 6.73. The first-order valence-electron chi connectivity index (χ1n) is 6.73. The molecule has 3 rings (SSSR count). The van der Waals surface area contributed by atoms with E-state index in [-0.39, 0.29) is 5.91 Å². The number of amides is 1. The Morgan fingerprint density at radius 2 is 2.27 bits per heavy atom. The van der Waals surface area contributed by atoms with Gasteiger partial charge >= 0.3 is 0 Å². The molecule has 0 aromatic carbocycles. The lowest BCUT2D eigenvalue weighted by Crippen LogP contribution is -2.27. The normalized spacial score (nSPS) is 12.3. The highest BCUT2D eigenvalue weighted by Crippen LogP contribution is 2.23. The monoisotopic (exact) mass is 301 g/mol. The zero-order valence-electron chi connectivity index (χ0n) is 12.4. The van der Waals surface area contributed by atoms with Gasteiger partial charge in [0.1, 0.15) is 11.7 Å². The molecule has 1 N–H and O–H groups in total. The maximum atomic E-state index is 12.5. The second-order valence-electron chi connectivity index (χ2n) is 4.92. The molecule has 1 unspecified atom stereocenters. The van der Waals surface area contributed by atoms with Crippen molar-refractivity contribution in [2.45, 2.75) is 19.9 Å². The number of aromatic nitrogens is 4. The van der Waals surface area contributed by atoms with Gasteiger partial charge in [-0.15, -0.1) is 0 Å². The average molecular weight is 301 g/mol.